The first-order valence-electron chi connectivity index (χ1n) is 5.22. The van der Waals surface area contributed by atoms with Gasteiger partial charge in [0, 0.05) is 5.56 Å². The van der Waals surface area contributed by atoms with Crippen LogP contribution in [0.4, 0.5) is 22.0 Å². The summed E-state index contributed by atoms with van der Waals surface area (Å²) < 4.78 is 62.7. The number of carbonyl (C=O) groups is 1. The maximum Gasteiger partial charge on any atom is 0.461 e. The summed E-state index contributed by atoms with van der Waals surface area (Å²) in [5.74, 6) is -7.63. The van der Waals surface area contributed by atoms with Gasteiger partial charge in [0.2, 0.25) is 5.78 Å². The standard InChI is InChI=1S/C13H7F5O/c14-12(15,13(16,17)18)11(19)10-7-3-5-8-4-1-2-6-9(8)10/h1-7H. The summed E-state index contributed by atoms with van der Waals surface area (Å²) in [5.41, 5.74) is -0.638. The molecule has 0 saturated heterocycles. The molecule has 0 aliphatic rings. The highest BCUT2D eigenvalue weighted by atomic mass is 19.4. The molecule has 0 unspecified atom stereocenters. The van der Waals surface area contributed by atoms with Crippen molar-refractivity contribution in [3.63, 3.8) is 0 Å². The van der Waals surface area contributed by atoms with Crippen molar-refractivity contribution < 1.29 is 26.7 Å². The van der Waals surface area contributed by atoms with Crippen molar-refractivity contribution in [1.29, 1.82) is 0 Å². The van der Waals surface area contributed by atoms with Crippen molar-refractivity contribution >= 4 is 16.6 Å². The van der Waals surface area contributed by atoms with E-state index in [2.05, 4.69) is 0 Å². The lowest BCUT2D eigenvalue weighted by atomic mass is 9.98. The SMILES string of the molecule is O=C(c1cccc2ccccc12)C(F)(F)C(F)(F)F. The Labute approximate surface area is 104 Å². The summed E-state index contributed by atoms with van der Waals surface area (Å²) >= 11 is 0. The van der Waals surface area contributed by atoms with Crippen LogP contribution in [0.2, 0.25) is 0 Å². The molecule has 0 aromatic heterocycles. The number of rotatable bonds is 2. The highest BCUT2D eigenvalue weighted by molar-refractivity contribution is 6.11. The number of fused-ring (bicyclic) bond motifs is 1. The fraction of sp³-hybridized carbons (Fsp3) is 0.154. The van der Waals surface area contributed by atoms with Crippen molar-refractivity contribution in [2.75, 3.05) is 0 Å². The van der Waals surface area contributed by atoms with Gasteiger partial charge in [-0.3, -0.25) is 4.79 Å². The van der Waals surface area contributed by atoms with Crippen LogP contribution in [0.3, 0.4) is 0 Å². The Kier molecular flexibility index (Phi) is 3.04. The molecule has 0 radical (unpaired) electrons. The van der Waals surface area contributed by atoms with E-state index < -0.39 is 23.4 Å². The van der Waals surface area contributed by atoms with Gasteiger partial charge in [0.15, 0.2) is 0 Å². The van der Waals surface area contributed by atoms with Crippen LogP contribution in [0.25, 0.3) is 10.8 Å². The molecule has 0 N–H and O–H groups in total. The van der Waals surface area contributed by atoms with Gasteiger partial charge in [0.05, 0.1) is 0 Å². The minimum absolute atomic E-state index is 0.0684. The van der Waals surface area contributed by atoms with Gasteiger partial charge in [-0.15, -0.1) is 0 Å². The Balaban J connectivity index is 2.60. The molecular weight excluding hydrogens is 267 g/mol. The van der Waals surface area contributed by atoms with Crippen LogP contribution in [0, 0.1) is 0 Å². The number of benzene rings is 2. The zero-order valence-electron chi connectivity index (χ0n) is 9.34. The van der Waals surface area contributed by atoms with Gasteiger partial charge in [0.25, 0.3) is 0 Å². The average Bonchev–Trinajstić information content (AvgIpc) is 2.36. The molecule has 2 aromatic rings. The van der Waals surface area contributed by atoms with Gasteiger partial charge in [0.1, 0.15) is 0 Å². The molecule has 0 fully saturated rings. The maximum absolute atomic E-state index is 13.1. The molecule has 0 amide bonds. The lowest BCUT2D eigenvalue weighted by Gasteiger charge is -2.18. The molecule has 100 valence electrons. The molecule has 0 aliphatic carbocycles. The first kappa shape index (κ1) is 13.5. The Hall–Kier alpha value is -1.98. The summed E-state index contributed by atoms with van der Waals surface area (Å²) in [7, 11) is 0. The van der Waals surface area contributed by atoms with Crippen LogP contribution >= 0.6 is 0 Å². The van der Waals surface area contributed by atoms with Gasteiger partial charge in [-0.25, -0.2) is 0 Å². The van der Waals surface area contributed by atoms with Crippen LogP contribution in [-0.2, 0) is 0 Å². The first-order valence-corrected chi connectivity index (χ1v) is 5.22. The largest absolute Gasteiger partial charge is 0.461 e. The number of Topliss-reactive ketones (excluding diaryl/α,β-unsaturated/α-hetero) is 1. The van der Waals surface area contributed by atoms with Gasteiger partial charge >= 0.3 is 12.1 Å². The van der Waals surface area contributed by atoms with Crippen molar-refractivity contribution in [3.8, 4) is 0 Å². The fourth-order valence-corrected chi connectivity index (χ4v) is 1.72. The predicted octanol–water partition coefficient (Wildman–Crippen LogP) is 4.22. The lowest BCUT2D eigenvalue weighted by molar-refractivity contribution is -0.255. The summed E-state index contributed by atoms with van der Waals surface area (Å²) in [5, 5.41) is 0.491. The average molecular weight is 274 g/mol. The quantitative estimate of drug-likeness (QED) is 0.592. The number of alkyl halides is 5. The zero-order chi connectivity index (χ0) is 14.3. The Bertz CT molecular complexity index is 625. The second-order valence-corrected chi connectivity index (χ2v) is 3.93. The minimum Gasteiger partial charge on any atom is -0.287 e. The van der Waals surface area contributed by atoms with E-state index in [-0.39, 0.29) is 5.39 Å². The van der Waals surface area contributed by atoms with Crippen LogP contribution in [0.15, 0.2) is 42.5 Å². The third kappa shape index (κ3) is 2.18. The Morgan fingerprint density at radius 1 is 0.842 bits per heavy atom. The van der Waals surface area contributed by atoms with Crippen molar-refractivity contribution in [1.82, 2.24) is 0 Å². The molecule has 1 nitrogen and oxygen atoms in total. The monoisotopic (exact) mass is 274 g/mol. The summed E-state index contributed by atoms with van der Waals surface area (Å²) in [6.45, 7) is 0. The zero-order valence-corrected chi connectivity index (χ0v) is 9.34. The molecule has 6 heteroatoms. The first-order chi connectivity index (χ1) is 8.75. The lowest BCUT2D eigenvalue weighted by Crippen LogP contribution is -2.44. The molecule has 0 spiro atoms. The summed E-state index contributed by atoms with van der Waals surface area (Å²) in [6.07, 6.45) is -5.90. The normalized spacial score (nSPS) is 12.7. The molecular formula is C13H7F5O. The number of carbonyl (C=O) groups excluding carboxylic acids is 1. The third-order valence-corrected chi connectivity index (χ3v) is 2.68. The van der Waals surface area contributed by atoms with Crippen LogP contribution in [0.5, 0.6) is 0 Å². The topological polar surface area (TPSA) is 17.1 Å². The molecule has 0 saturated carbocycles. The Morgan fingerprint density at radius 2 is 1.42 bits per heavy atom. The van der Waals surface area contributed by atoms with Crippen LogP contribution in [-0.4, -0.2) is 17.9 Å². The number of ketones is 1. The predicted molar refractivity (Wildman–Crippen MR) is 59.3 cm³/mol. The molecule has 0 bridgehead atoms. The number of hydrogen-bond donors (Lipinski definition) is 0. The van der Waals surface area contributed by atoms with Crippen molar-refractivity contribution in [2.24, 2.45) is 0 Å². The highest BCUT2D eigenvalue weighted by Gasteiger charge is 2.63. The minimum atomic E-state index is -5.90. The van der Waals surface area contributed by atoms with Gasteiger partial charge in [-0.1, -0.05) is 42.5 Å². The third-order valence-electron chi connectivity index (χ3n) is 2.68. The Morgan fingerprint density at radius 3 is 2.05 bits per heavy atom. The van der Waals surface area contributed by atoms with E-state index in [1.807, 2.05) is 0 Å². The molecule has 2 aromatic carbocycles. The van der Waals surface area contributed by atoms with E-state index in [0.717, 1.165) is 6.07 Å². The van der Waals surface area contributed by atoms with Crippen LogP contribution in [0.1, 0.15) is 10.4 Å². The van der Waals surface area contributed by atoms with Crippen molar-refractivity contribution in [3.05, 3.63) is 48.0 Å². The van der Waals surface area contributed by atoms with E-state index in [4.69, 9.17) is 0 Å². The molecule has 2 rings (SSSR count). The second kappa shape index (κ2) is 4.29. The smallest absolute Gasteiger partial charge is 0.287 e. The van der Waals surface area contributed by atoms with E-state index >= 15 is 0 Å². The molecule has 0 aliphatic heterocycles. The summed E-state index contributed by atoms with van der Waals surface area (Å²) in [4.78, 5) is 11.5. The van der Waals surface area contributed by atoms with E-state index in [1.54, 1.807) is 6.07 Å². The van der Waals surface area contributed by atoms with E-state index in [0.29, 0.717) is 5.39 Å². The fourth-order valence-electron chi connectivity index (χ4n) is 1.72. The van der Waals surface area contributed by atoms with Gasteiger partial charge in [-0.2, -0.15) is 22.0 Å². The molecule has 19 heavy (non-hydrogen) atoms. The van der Waals surface area contributed by atoms with E-state index in [9.17, 15) is 26.7 Å². The van der Waals surface area contributed by atoms with E-state index in [1.165, 1.54) is 30.3 Å². The number of hydrogen-bond acceptors (Lipinski definition) is 1. The molecule has 0 heterocycles. The highest BCUT2D eigenvalue weighted by Crippen LogP contribution is 2.39. The second-order valence-electron chi connectivity index (χ2n) is 3.93. The van der Waals surface area contributed by atoms with Gasteiger partial charge in [-0.05, 0) is 10.8 Å². The van der Waals surface area contributed by atoms with Crippen LogP contribution < -0.4 is 0 Å². The number of halogens is 5. The maximum atomic E-state index is 13.1. The van der Waals surface area contributed by atoms with Crippen molar-refractivity contribution in [2.45, 2.75) is 12.1 Å². The van der Waals surface area contributed by atoms with Gasteiger partial charge < -0.3 is 0 Å². The summed E-state index contributed by atoms with van der Waals surface area (Å²) in [6, 6.07) is 9.67. The molecule has 0 atom stereocenters.